The Morgan fingerprint density at radius 2 is 1.95 bits per heavy atom. The van der Waals surface area contributed by atoms with Crippen LogP contribution in [-0.2, 0) is 10.9 Å². The van der Waals surface area contributed by atoms with E-state index < -0.39 is 23.5 Å². The van der Waals surface area contributed by atoms with Crippen LogP contribution in [0.1, 0.15) is 23.1 Å². The molecular formula is C13H10BrF3N2O2. The second kappa shape index (κ2) is 5.88. The van der Waals surface area contributed by atoms with E-state index in [1.165, 1.54) is 6.92 Å². The summed E-state index contributed by atoms with van der Waals surface area (Å²) in [4.78, 5) is 17.5. The highest BCUT2D eigenvalue weighted by atomic mass is 79.9. The number of halogens is 4. The fourth-order valence-corrected chi connectivity index (χ4v) is 1.93. The summed E-state index contributed by atoms with van der Waals surface area (Å²) < 4.78 is 44.2. The van der Waals surface area contributed by atoms with E-state index in [0.717, 1.165) is 4.47 Å². The molecule has 0 saturated carbocycles. The number of rotatable bonds is 3. The predicted octanol–water partition coefficient (Wildman–Crippen LogP) is 4.03. The van der Waals surface area contributed by atoms with Gasteiger partial charge >= 0.3 is 12.1 Å². The van der Waals surface area contributed by atoms with Crippen molar-refractivity contribution in [2.24, 2.45) is 0 Å². The largest absolute Gasteiger partial charge is 0.461 e. The number of benzene rings is 1. The highest BCUT2D eigenvalue weighted by molar-refractivity contribution is 9.10. The van der Waals surface area contributed by atoms with Crippen molar-refractivity contribution in [1.29, 1.82) is 0 Å². The van der Waals surface area contributed by atoms with Gasteiger partial charge in [0.1, 0.15) is 5.82 Å². The summed E-state index contributed by atoms with van der Waals surface area (Å²) in [6, 6.07) is 6.49. The van der Waals surface area contributed by atoms with Crippen LogP contribution in [0.4, 0.5) is 13.2 Å². The number of aromatic amines is 1. The molecule has 21 heavy (non-hydrogen) atoms. The van der Waals surface area contributed by atoms with Crippen LogP contribution >= 0.6 is 15.9 Å². The van der Waals surface area contributed by atoms with Crippen molar-refractivity contribution in [2.75, 3.05) is 6.61 Å². The quantitative estimate of drug-likeness (QED) is 0.838. The van der Waals surface area contributed by atoms with Crippen LogP contribution in [0.2, 0.25) is 0 Å². The number of esters is 1. The third-order valence-electron chi connectivity index (χ3n) is 2.57. The van der Waals surface area contributed by atoms with Crippen LogP contribution < -0.4 is 0 Å². The van der Waals surface area contributed by atoms with Crippen molar-refractivity contribution in [3.63, 3.8) is 0 Å². The van der Waals surface area contributed by atoms with Gasteiger partial charge in [0.25, 0.3) is 0 Å². The van der Waals surface area contributed by atoms with Gasteiger partial charge in [0.15, 0.2) is 11.4 Å². The number of hydrogen-bond donors (Lipinski definition) is 1. The van der Waals surface area contributed by atoms with Crippen molar-refractivity contribution in [1.82, 2.24) is 9.97 Å². The molecule has 1 N–H and O–H groups in total. The van der Waals surface area contributed by atoms with Gasteiger partial charge in [-0.3, -0.25) is 0 Å². The number of carbonyl (C=O) groups excluding carboxylic acids is 1. The van der Waals surface area contributed by atoms with Crippen molar-refractivity contribution in [3.05, 3.63) is 40.1 Å². The summed E-state index contributed by atoms with van der Waals surface area (Å²) in [5.74, 6) is -1.15. The van der Waals surface area contributed by atoms with E-state index in [-0.39, 0.29) is 12.4 Å². The normalized spacial score (nSPS) is 11.5. The van der Waals surface area contributed by atoms with E-state index in [4.69, 9.17) is 0 Å². The maximum atomic E-state index is 13.0. The number of H-pyrrole nitrogens is 1. The molecule has 0 saturated heterocycles. The molecule has 1 heterocycles. The number of nitrogens with zero attached hydrogens (tertiary/aromatic N) is 1. The van der Waals surface area contributed by atoms with E-state index in [9.17, 15) is 18.0 Å². The number of ether oxygens (including phenoxy) is 1. The molecule has 0 atom stereocenters. The third-order valence-corrected chi connectivity index (χ3v) is 3.10. The lowest BCUT2D eigenvalue weighted by Gasteiger charge is -2.05. The fourth-order valence-electron chi connectivity index (χ4n) is 1.67. The number of hydrogen-bond acceptors (Lipinski definition) is 3. The molecule has 112 valence electrons. The first kappa shape index (κ1) is 15.6. The van der Waals surface area contributed by atoms with E-state index in [2.05, 4.69) is 30.6 Å². The van der Waals surface area contributed by atoms with Gasteiger partial charge in [-0.05, 0) is 19.1 Å². The van der Waals surface area contributed by atoms with Crippen LogP contribution in [-0.4, -0.2) is 22.5 Å². The molecule has 0 aliphatic heterocycles. The standard InChI is InChI=1S/C13H10BrF3N2O2/c1-2-21-12(20)9-10(13(15,16)17)19-11(18-9)7-3-5-8(14)6-4-7/h3-6H,2H2,1H3,(H,18,19). The number of aromatic nitrogens is 2. The first-order valence-electron chi connectivity index (χ1n) is 5.93. The smallest absolute Gasteiger partial charge is 0.433 e. The van der Waals surface area contributed by atoms with Gasteiger partial charge in [-0.1, -0.05) is 28.1 Å². The van der Waals surface area contributed by atoms with Crippen LogP contribution in [0.3, 0.4) is 0 Å². The highest BCUT2D eigenvalue weighted by Crippen LogP contribution is 2.33. The van der Waals surface area contributed by atoms with Crippen molar-refractivity contribution >= 4 is 21.9 Å². The van der Waals surface area contributed by atoms with Gasteiger partial charge in [-0.2, -0.15) is 13.2 Å². The summed E-state index contributed by atoms with van der Waals surface area (Å²) in [5, 5.41) is 0. The first-order chi connectivity index (χ1) is 9.82. The Morgan fingerprint density at radius 1 is 1.33 bits per heavy atom. The average Bonchev–Trinajstić information content (AvgIpc) is 2.85. The number of imidazole rings is 1. The Hall–Kier alpha value is -1.83. The van der Waals surface area contributed by atoms with Gasteiger partial charge in [0.2, 0.25) is 0 Å². The minimum absolute atomic E-state index is 0.0311. The van der Waals surface area contributed by atoms with Crippen LogP contribution in [0.25, 0.3) is 11.4 Å². The summed E-state index contributed by atoms with van der Waals surface area (Å²) in [5.41, 5.74) is -1.54. The Balaban J connectivity index is 2.50. The lowest BCUT2D eigenvalue weighted by atomic mass is 10.2. The van der Waals surface area contributed by atoms with E-state index in [1.54, 1.807) is 24.3 Å². The highest BCUT2D eigenvalue weighted by Gasteiger charge is 2.39. The Labute approximate surface area is 126 Å². The topological polar surface area (TPSA) is 55.0 Å². The molecule has 0 bridgehead atoms. The molecule has 0 spiro atoms. The zero-order chi connectivity index (χ0) is 15.6. The lowest BCUT2D eigenvalue weighted by Crippen LogP contribution is -2.15. The fraction of sp³-hybridized carbons (Fsp3) is 0.231. The minimum atomic E-state index is -4.72. The molecule has 0 fully saturated rings. The van der Waals surface area contributed by atoms with Gasteiger partial charge in [0.05, 0.1) is 6.61 Å². The van der Waals surface area contributed by atoms with E-state index in [0.29, 0.717) is 5.56 Å². The molecule has 8 heteroatoms. The molecule has 1 aromatic carbocycles. The van der Waals surface area contributed by atoms with E-state index in [1.807, 2.05) is 0 Å². The zero-order valence-electron chi connectivity index (χ0n) is 10.8. The Morgan fingerprint density at radius 3 is 2.48 bits per heavy atom. The van der Waals surface area contributed by atoms with Gasteiger partial charge < -0.3 is 9.72 Å². The van der Waals surface area contributed by atoms with Crippen molar-refractivity contribution in [3.8, 4) is 11.4 Å². The summed E-state index contributed by atoms with van der Waals surface area (Å²) >= 11 is 3.23. The van der Waals surface area contributed by atoms with Gasteiger partial charge in [-0.15, -0.1) is 0 Å². The second-order valence-corrected chi connectivity index (χ2v) is 4.95. The summed E-state index contributed by atoms with van der Waals surface area (Å²) in [6.07, 6.45) is -4.72. The minimum Gasteiger partial charge on any atom is -0.461 e. The molecule has 0 amide bonds. The Bertz CT molecular complexity index is 650. The van der Waals surface area contributed by atoms with Gasteiger partial charge in [-0.25, -0.2) is 9.78 Å². The maximum absolute atomic E-state index is 13.0. The van der Waals surface area contributed by atoms with Crippen LogP contribution in [0.5, 0.6) is 0 Å². The summed E-state index contributed by atoms with van der Waals surface area (Å²) in [7, 11) is 0. The first-order valence-corrected chi connectivity index (χ1v) is 6.72. The van der Waals surface area contributed by atoms with Crippen molar-refractivity contribution in [2.45, 2.75) is 13.1 Å². The number of carbonyl (C=O) groups is 1. The molecule has 0 aliphatic rings. The van der Waals surface area contributed by atoms with Crippen LogP contribution in [0, 0.1) is 0 Å². The zero-order valence-corrected chi connectivity index (χ0v) is 12.4. The molecule has 0 aliphatic carbocycles. The van der Waals surface area contributed by atoms with E-state index >= 15 is 0 Å². The molecule has 0 unspecified atom stereocenters. The number of alkyl halides is 3. The molecule has 2 rings (SSSR count). The molecule has 0 radical (unpaired) electrons. The van der Waals surface area contributed by atoms with Gasteiger partial charge in [0, 0.05) is 10.0 Å². The molecular weight excluding hydrogens is 353 g/mol. The second-order valence-electron chi connectivity index (χ2n) is 4.03. The SMILES string of the molecule is CCOC(=O)c1nc(-c2ccc(Br)cc2)[nH]c1C(F)(F)F. The van der Waals surface area contributed by atoms with Crippen molar-refractivity contribution < 1.29 is 22.7 Å². The maximum Gasteiger partial charge on any atom is 0.433 e. The van der Waals surface area contributed by atoms with Crippen LogP contribution in [0.15, 0.2) is 28.7 Å². The average molecular weight is 363 g/mol. The summed E-state index contributed by atoms with van der Waals surface area (Å²) in [6.45, 7) is 1.48. The lowest BCUT2D eigenvalue weighted by molar-refractivity contribution is -0.141. The molecule has 1 aromatic heterocycles. The number of nitrogens with one attached hydrogen (secondary N) is 1. The predicted molar refractivity (Wildman–Crippen MR) is 72.7 cm³/mol. The third kappa shape index (κ3) is 3.44. The molecule has 4 nitrogen and oxygen atoms in total. The Kier molecular flexibility index (Phi) is 4.36. The molecule has 2 aromatic rings. The monoisotopic (exact) mass is 362 g/mol.